The zero-order valence-corrected chi connectivity index (χ0v) is 17.0. The summed E-state index contributed by atoms with van der Waals surface area (Å²) in [7, 11) is -4.48. The van der Waals surface area contributed by atoms with Crippen LogP contribution in [-0.2, 0) is 21.6 Å². The molecule has 4 atom stereocenters. The van der Waals surface area contributed by atoms with Gasteiger partial charge in [-0.1, -0.05) is 0 Å². The third kappa shape index (κ3) is 4.60. The summed E-state index contributed by atoms with van der Waals surface area (Å²) in [5, 5.41) is 23.7. The molecule has 0 aromatic carbocycles. The first-order valence-corrected chi connectivity index (χ1v) is 10.6. The molecule has 0 saturated carbocycles. The second-order valence-corrected chi connectivity index (χ2v) is 8.16. The molecule has 3 aromatic heterocycles. The van der Waals surface area contributed by atoms with E-state index < -0.39 is 41.4 Å². The fraction of sp³-hybridized carbons (Fsp3) is 0.438. The van der Waals surface area contributed by atoms with Crippen molar-refractivity contribution in [2.45, 2.75) is 38.0 Å². The molecular weight excluding hydrogens is 432 g/mol. The Morgan fingerprint density at radius 2 is 1.94 bits per heavy atom. The summed E-state index contributed by atoms with van der Waals surface area (Å²) in [5.74, 6) is 0.420. The van der Waals surface area contributed by atoms with Crippen molar-refractivity contribution in [3.63, 3.8) is 0 Å². The smallest absolute Gasteiger partial charge is 0.333 e. The van der Waals surface area contributed by atoms with Crippen LogP contribution in [0.25, 0.3) is 11.2 Å². The molecule has 1 fully saturated rings. The van der Waals surface area contributed by atoms with Gasteiger partial charge >= 0.3 is 10.3 Å². The van der Waals surface area contributed by atoms with E-state index in [9.17, 15) is 18.6 Å². The van der Waals surface area contributed by atoms with Gasteiger partial charge in [-0.05, 0) is 6.92 Å². The number of imidazole rings is 1. The molecule has 0 spiro atoms. The van der Waals surface area contributed by atoms with Gasteiger partial charge in [0.25, 0.3) is 0 Å². The first-order valence-electron chi connectivity index (χ1n) is 9.15. The number of hydrogen-bond donors (Lipinski definition) is 5. The van der Waals surface area contributed by atoms with Crippen LogP contribution in [0.5, 0.6) is 0 Å². The number of ether oxygens (including phenoxy) is 1. The van der Waals surface area contributed by atoms with E-state index in [1.807, 2.05) is 11.6 Å². The molecule has 14 nitrogen and oxygen atoms in total. The number of nitrogens with zero attached hydrogens (tertiary/aromatic N) is 6. The maximum atomic E-state index is 10.9. The van der Waals surface area contributed by atoms with Gasteiger partial charge in [0, 0.05) is 12.7 Å². The predicted octanol–water partition coefficient (Wildman–Crippen LogP) is -1.45. The minimum atomic E-state index is -4.48. The zero-order valence-electron chi connectivity index (χ0n) is 16.2. The fourth-order valence-corrected chi connectivity index (χ4v) is 3.54. The highest BCUT2D eigenvalue weighted by Crippen LogP contribution is 2.32. The second kappa shape index (κ2) is 8.37. The third-order valence-corrected chi connectivity index (χ3v) is 5.24. The van der Waals surface area contributed by atoms with Crippen LogP contribution in [-0.4, -0.2) is 77.5 Å². The third-order valence-electron chi connectivity index (χ3n) is 4.71. The number of hydrogen-bond acceptors (Lipinski definition) is 11. The average molecular weight is 452 g/mol. The van der Waals surface area contributed by atoms with E-state index >= 15 is 0 Å². The highest BCUT2D eigenvalue weighted by molar-refractivity contribution is 7.83. The number of anilines is 1. The van der Waals surface area contributed by atoms with E-state index in [2.05, 4.69) is 30.2 Å². The van der Waals surface area contributed by atoms with Crippen LogP contribution in [0.15, 0.2) is 25.0 Å². The van der Waals surface area contributed by atoms with Crippen molar-refractivity contribution in [3.8, 4) is 0 Å². The lowest BCUT2D eigenvalue weighted by Gasteiger charge is -2.16. The molecule has 1 saturated heterocycles. The molecule has 0 amide bonds. The topological polar surface area (TPSA) is 198 Å². The molecule has 1 aliphatic rings. The molecule has 4 heterocycles. The maximum Gasteiger partial charge on any atom is 0.333 e. The average Bonchev–Trinajstić information content (AvgIpc) is 3.27. The minimum Gasteiger partial charge on any atom is -0.387 e. The van der Waals surface area contributed by atoms with Crippen LogP contribution in [0.4, 0.5) is 5.82 Å². The second-order valence-electron chi connectivity index (χ2n) is 6.92. The molecule has 4 rings (SSSR count). The van der Waals surface area contributed by atoms with E-state index in [0.29, 0.717) is 29.2 Å². The quantitative estimate of drug-likeness (QED) is 0.262. The van der Waals surface area contributed by atoms with E-state index in [1.165, 1.54) is 17.2 Å². The summed E-state index contributed by atoms with van der Waals surface area (Å²) in [5.41, 5.74) is 2.22. The molecule has 15 heteroatoms. The molecule has 0 bridgehead atoms. The van der Waals surface area contributed by atoms with Gasteiger partial charge in [-0.15, -0.1) is 0 Å². The van der Waals surface area contributed by atoms with Crippen molar-refractivity contribution in [3.05, 3.63) is 36.4 Å². The van der Waals surface area contributed by atoms with Crippen LogP contribution in [0.3, 0.4) is 0 Å². The van der Waals surface area contributed by atoms with Gasteiger partial charge in [0.15, 0.2) is 23.2 Å². The number of aromatic nitrogens is 6. The van der Waals surface area contributed by atoms with Gasteiger partial charge in [-0.2, -0.15) is 13.1 Å². The Kier molecular flexibility index (Phi) is 5.78. The van der Waals surface area contributed by atoms with Crippen molar-refractivity contribution in [2.75, 3.05) is 11.9 Å². The molecule has 0 aliphatic carbocycles. The molecule has 31 heavy (non-hydrogen) atoms. The lowest BCUT2D eigenvalue weighted by molar-refractivity contribution is -0.0331. The first kappa shape index (κ1) is 21.4. The van der Waals surface area contributed by atoms with Gasteiger partial charge in [0.05, 0.1) is 30.5 Å². The minimum absolute atomic E-state index is 0.326. The number of aryl methyl sites for hydroxylation is 1. The normalized spacial score (nSPS) is 24.0. The number of nitrogens with one attached hydrogen (secondary N) is 2. The van der Waals surface area contributed by atoms with Gasteiger partial charge in [0.1, 0.15) is 24.6 Å². The summed E-state index contributed by atoms with van der Waals surface area (Å²) in [4.78, 5) is 21.1. The lowest BCUT2D eigenvalue weighted by atomic mass is 10.1. The van der Waals surface area contributed by atoms with Gasteiger partial charge < -0.3 is 20.3 Å². The highest BCUT2D eigenvalue weighted by Gasteiger charge is 2.44. The number of aliphatic hydroxyl groups excluding tert-OH is 2. The standard InChI is InChI=1S/C16H20N8O6S/c1-8-2-18-9(3-17-8)4-19-14-11-15(21-6-20-14)24(7-22-11)16-13(26)12(25)10(30-16)5-23-31(27,28)29/h2-3,6-7,10,12-13,16,23,25-26H,4-5H2,1H3,(H,19,20,21)(H,27,28,29)/t10-,12-,13-,16-/m1/s1. The Balaban J connectivity index is 1.54. The Morgan fingerprint density at radius 3 is 2.65 bits per heavy atom. The van der Waals surface area contributed by atoms with E-state index in [0.717, 1.165) is 5.69 Å². The Hall–Kier alpha value is -2.82. The summed E-state index contributed by atoms with van der Waals surface area (Å²) >= 11 is 0. The van der Waals surface area contributed by atoms with Crippen molar-refractivity contribution < 1.29 is 27.9 Å². The van der Waals surface area contributed by atoms with Crippen molar-refractivity contribution in [2.24, 2.45) is 0 Å². The molecular formula is C16H20N8O6S. The number of fused-ring (bicyclic) bond motifs is 1. The lowest BCUT2D eigenvalue weighted by Crippen LogP contribution is -2.39. The molecule has 1 aliphatic heterocycles. The van der Waals surface area contributed by atoms with Crippen molar-refractivity contribution in [1.29, 1.82) is 0 Å². The molecule has 166 valence electrons. The molecule has 0 radical (unpaired) electrons. The zero-order chi connectivity index (χ0) is 22.2. The van der Waals surface area contributed by atoms with Crippen LogP contribution < -0.4 is 10.0 Å². The van der Waals surface area contributed by atoms with Gasteiger partial charge in [0.2, 0.25) is 0 Å². The van der Waals surface area contributed by atoms with E-state index in [1.54, 1.807) is 12.4 Å². The number of aliphatic hydroxyl groups is 2. The van der Waals surface area contributed by atoms with Crippen LogP contribution >= 0.6 is 0 Å². The van der Waals surface area contributed by atoms with Crippen molar-refractivity contribution >= 4 is 27.3 Å². The Morgan fingerprint density at radius 1 is 1.13 bits per heavy atom. The number of rotatable bonds is 7. The monoisotopic (exact) mass is 452 g/mol. The molecule has 3 aromatic rings. The molecule has 0 unspecified atom stereocenters. The van der Waals surface area contributed by atoms with Crippen LogP contribution in [0.1, 0.15) is 17.6 Å². The highest BCUT2D eigenvalue weighted by atomic mass is 32.2. The van der Waals surface area contributed by atoms with Gasteiger partial charge in [-0.25, -0.2) is 15.0 Å². The predicted molar refractivity (Wildman–Crippen MR) is 105 cm³/mol. The summed E-state index contributed by atoms with van der Waals surface area (Å²) in [6.07, 6.45) is 0.992. The van der Waals surface area contributed by atoms with Crippen LogP contribution in [0, 0.1) is 6.92 Å². The van der Waals surface area contributed by atoms with Crippen molar-refractivity contribution in [1.82, 2.24) is 34.2 Å². The summed E-state index contributed by atoms with van der Waals surface area (Å²) in [6, 6.07) is 0. The SMILES string of the molecule is Cc1cnc(CNc2ncnc3c2ncn3[C@@H]2O[C@H](CNS(=O)(=O)O)[C@@H](O)[C@H]2O)cn1. The first-order chi connectivity index (χ1) is 14.7. The molecule has 5 N–H and O–H groups in total. The van der Waals surface area contributed by atoms with Crippen LogP contribution in [0.2, 0.25) is 0 Å². The van der Waals surface area contributed by atoms with E-state index in [4.69, 9.17) is 9.29 Å². The Labute approximate surface area is 176 Å². The van der Waals surface area contributed by atoms with E-state index in [-0.39, 0.29) is 0 Å². The summed E-state index contributed by atoms with van der Waals surface area (Å²) in [6.45, 7) is 1.75. The summed E-state index contributed by atoms with van der Waals surface area (Å²) < 4.78 is 39.4. The Bertz CT molecular complexity index is 1170. The largest absolute Gasteiger partial charge is 0.387 e. The van der Waals surface area contributed by atoms with Gasteiger partial charge in [-0.3, -0.25) is 19.1 Å². The maximum absolute atomic E-state index is 10.9. The fourth-order valence-electron chi connectivity index (χ4n) is 3.17.